The van der Waals surface area contributed by atoms with Crippen molar-refractivity contribution in [3.63, 3.8) is 0 Å². The van der Waals surface area contributed by atoms with Crippen molar-refractivity contribution >= 4 is 5.91 Å². The number of nitrogens with one attached hydrogen (secondary N) is 2. The van der Waals surface area contributed by atoms with E-state index in [1.165, 1.54) is 0 Å². The summed E-state index contributed by atoms with van der Waals surface area (Å²) in [6.07, 6.45) is 2.54. The molecule has 1 amide bonds. The Hall–Kier alpha value is -2.18. The minimum absolute atomic E-state index is 0.0142. The second kappa shape index (κ2) is 7.39. The van der Waals surface area contributed by atoms with E-state index >= 15 is 0 Å². The lowest BCUT2D eigenvalue weighted by Crippen LogP contribution is -2.55. The number of carbonyl (C=O) groups excluding carboxylic acids is 1. The number of hydrogen-bond acceptors (Lipinski definition) is 4. The number of nitrogens with zero attached hydrogens (tertiary/aromatic N) is 2. The Bertz CT molecular complexity index is 641. The van der Waals surface area contributed by atoms with Gasteiger partial charge in [-0.05, 0) is 25.1 Å². The predicted molar refractivity (Wildman–Crippen MR) is 87.5 cm³/mol. The number of hydrogen-bond donors (Lipinski definition) is 2. The van der Waals surface area contributed by atoms with Gasteiger partial charge < -0.3 is 15.4 Å². The zero-order chi connectivity index (χ0) is 16.1. The quantitative estimate of drug-likeness (QED) is 0.861. The Kier molecular flexibility index (Phi) is 5.05. The number of morpholine rings is 1. The summed E-state index contributed by atoms with van der Waals surface area (Å²) >= 11 is 0. The minimum atomic E-state index is -0.273. The van der Waals surface area contributed by atoms with Gasteiger partial charge in [0.05, 0.1) is 24.1 Å². The van der Waals surface area contributed by atoms with Crippen LogP contribution in [0.3, 0.4) is 0 Å². The van der Waals surface area contributed by atoms with Crippen LogP contribution in [0.5, 0.6) is 0 Å². The molecule has 2 heterocycles. The molecule has 1 aliphatic rings. The summed E-state index contributed by atoms with van der Waals surface area (Å²) < 4.78 is 7.33. The first-order chi connectivity index (χ1) is 11.2. The van der Waals surface area contributed by atoms with Crippen LogP contribution < -0.4 is 10.6 Å². The molecule has 6 heteroatoms. The van der Waals surface area contributed by atoms with Crippen LogP contribution in [-0.2, 0) is 16.0 Å². The van der Waals surface area contributed by atoms with Crippen LogP contribution in [0, 0.1) is 0 Å². The van der Waals surface area contributed by atoms with Crippen molar-refractivity contribution in [2.24, 2.45) is 0 Å². The number of rotatable bonds is 5. The number of carbonyl (C=O) groups is 1. The monoisotopic (exact) mass is 314 g/mol. The molecule has 6 nitrogen and oxygen atoms in total. The van der Waals surface area contributed by atoms with Gasteiger partial charge in [-0.1, -0.05) is 18.2 Å². The first kappa shape index (κ1) is 15.7. The van der Waals surface area contributed by atoms with E-state index in [2.05, 4.69) is 15.7 Å². The van der Waals surface area contributed by atoms with E-state index in [0.717, 1.165) is 11.4 Å². The molecule has 1 aromatic carbocycles. The number of ether oxygens (including phenoxy) is 1. The van der Waals surface area contributed by atoms with Crippen LogP contribution in [0.15, 0.2) is 42.6 Å². The predicted octanol–water partition coefficient (Wildman–Crippen LogP) is 0.908. The average molecular weight is 314 g/mol. The zero-order valence-electron chi connectivity index (χ0n) is 13.2. The maximum Gasteiger partial charge on any atom is 0.239 e. The Balaban J connectivity index is 1.49. The van der Waals surface area contributed by atoms with Gasteiger partial charge in [0.2, 0.25) is 5.91 Å². The third-order valence-electron chi connectivity index (χ3n) is 3.94. The lowest BCUT2D eigenvalue weighted by molar-refractivity contribution is -0.128. The van der Waals surface area contributed by atoms with E-state index in [1.807, 2.05) is 54.2 Å². The fourth-order valence-corrected chi connectivity index (χ4v) is 2.67. The third kappa shape index (κ3) is 3.97. The second-order valence-electron chi connectivity index (χ2n) is 5.64. The van der Waals surface area contributed by atoms with Gasteiger partial charge in [0.15, 0.2) is 0 Å². The van der Waals surface area contributed by atoms with Gasteiger partial charge >= 0.3 is 0 Å². The van der Waals surface area contributed by atoms with Crippen LogP contribution in [0.4, 0.5) is 0 Å². The summed E-state index contributed by atoms with van der Waals surface area (Å²) in [5, 5.41) is 10.7. The molecule has 2 atom stereocenters. The lowest BCUT2D eigenvalue weighted by Gasteiger charge is -2.29. The summed E-state index contributed by atoms with van der Waals surface area (Å²) in [5.74, 6) is -0.0142. The summed E-state index contributed by atoms with van der Waals surface area (Å²) in [6.45, 7) is 3.85. The van der Waals surface area contributed by atoms with Crippen molar-refractivity contribution in [3.05, 3.63) is 48.3 Å². The Labute approximate surface area is 135 Å². The van der Waals surface area contributed by atoms with Crippen molar-refractivity contribution in [3.8, 4) is 5.69 Å². The van der Waals surface area contributed by atoms with Crippen LogP contribution >= 0.6 is 0 Å². The van der Waals surface area contributed by atoms with E-state index in [9.17, 15) is 4.79 Å². The standard InChI is InChI=1S/C17H22N4O2/c1-13-16(18-10-12-23-13)17(22)19-9-7-14-8-11-21(20-14)15-5-3-2-4-6-15/h2-6,8,11,13,16,18H,7,9-10,12H2,1H3,(H,19,22)/t13-,16+/m1/s1. The molecule has 0 bridgehead atoms. The number of amides is 1. The summed E-state index contributed by atoms with van der Waals surface area (Å²) in [7, 11) is 0. The van der Waals surface area contributed by atoms with Crippen molar-refractivity contribution in [2.75, 3.05) is 19.7 Å². The molecule has 0 radical (unpaired) electrons. The van der Waals surface area contributed by atoms with E-state index in [4.69, 9.17) is 4.74 Å². The molecule has 3 rings (SSSR count). The van der Waals surface area contributed by atoms with E-state index in [-0.39, 0.29) is 18.1 Å². The molecule has 122 valence electrons. The number of benzene rings is 1. The topological polar surface area (TPSA) is 68.2 Å². The maximum absolute atomic E-state index is 12.1. The average Bonchev–Trinajstić information content (AvgIpc) is 3.05. The minimum Gasteiger partial charge on any atom is -0.375 e. The molecular weight excluding hydrogens is 292 g/mol. The molecule has 1 aromatic heterocycles. The van der Waals surface area contributed by atoms with Crippen molar-refractivity contribution in [1.29, 1.82) is 0 Å². The highest BCUT2D eigenvalue weighted by atomic mass is 16.5. The van der Waals surface area contributed by atoms with E-state index in [1.54, 1.807) is 0 Å². The summed E-state index contributed by atoms with van der Waals surface area (Å²) in [5.41, 5.74) is 1.98. The molecule has 2 aromatic rings. The van der Waals surface area contributed by atoms with E-state index in [0.29, 0.717) is 26.1 Å². The smallest absolute Gasteiger partial charge is 0.239 e. The SMILES string of the molecule is C[C@H]1OCCN[C@@H]1C(=O)NCCc1ccn(-c2ccccc2)n1. The highest BCUT2D eigenvalue weighted by Crippen LogP contribution is 2.07. The van der Waals surface area contributed by atoms with Crippen LogP contribution in [0.2, 0.25) is 0 Å². The number of para-hydroxylation sites is 1. The Morgan fingerprint density at radius 1 is 1.39 bits per heavy atom. The first-order valence-electron chi connectivity index (χ1n) is 7.97. The second-order valence-corrected chi connectivity index (χ2v) is 5.64. The molecule has 23 heavy (non-hydrogen) atoms. The van der Waals surface area contributed by atoms with Crippen molar-refractivity contribution < 1.29 is 9.53 Å². The van der Waals surface area contributed by atoms with Gasteiger partial charge in [-0.3, -0.25) is 4.79 Å². The molecule has 1 aliphatic heterocycles. The molecule has 0 spiro atoms. The molecule has 0 saturated carbocycles. The highest BCUT2D eigenvalue weighted by Gasteiger charge is 2.27. The first-order valence-corrected chi connectivity index (χ1v) is 7.97. The largest absolute Gasteiger partial charge is 0.375 e. The molecule has 1 fully saturated rings. The molecular formula is C17H22N4O2. The van der Waals surface area contributed by atoms with Gasteiger partial charge in [-0.15, -0.1) is 0 Å². The van der Waals surface area contributed by atoms with Gasteiger partial charge in [-0.25, -0.2) is 4.68 Å². The molecule has 0 aliphatic carbocycles. The molecule has 2 N–H and O–H groups in total. The highest BCUT2D eigenvalue weighted by molar-refractivity contribution is 5.82. The Morgan fingerprint density at radius 2 is 2.22 bits per heavy atom. The van der Waals surface area contributed by atoms with E-state index < -0.39 is 0 Å². The van der Waals surface area contributed by atoms with Gasteiger partial charge in [0.1, 0.15) is 6.04 Å². The lowest BCUT2D eigenvalue weighted by atomic mass is 10.1. The van der Waals surface area contributed by atoms with Crippen molar-refractivity contribution in [2.45, 2.75) is 25.5 Å². The van der Waals surface area contributed by atoms with Crippen LogP contribution in [0.25, 0.3) is 5.69 Å². The van der Waals surface area contributed by atoms with Crippen LogP contribution in [-0.4, -0.2) is 47.5 Å². The zero-order valence-corrected chi connectivity index (χ0v) is 13.2. The van der Waals surface area contributed by atoms with Crippen LogP contribution in [0.1, 0.15) is 12.6 Å². The maximum atomic E-state index is 12.1. The molecule has 0 unspecified atom stereocenters. The summed E-state index contributed by atoms with van der Waals surface area (Å²) in [4.78, 5) is 12.1. The fraction of sp³-hybridized carbons (Fsp3) is 0.412. The fourth-order valence-electron chi connectivity index (χ4n) is 2.67. The van der Waals surface area contributed by atoms with Crippen molar-refractivity contribution in [1.82, 2.24) is 20.4 Å². The van der Waals surface area contributed by atoms with Gasteiger partial charge in [-0.2, -0.15) is 5.10 Å². The molecule has 1 saturated heterocycles. The normalized spacial score (nSPS) is 21.1. The summed E-state index contributed by atoms with van der Waals surface area (Å²) in [6, 6.07) is 11.7. The van der Waals surface area contributed by atoms with Gasteiger partial charge in [0, 0.05) is 25.7 Å². The number of aromatic nitrogens is 2. The Morgan fingerprint density at radius 3 is 3.00 bits per heavy atom. The third-order valence-corrected chi connectivity index (χ3v) is 3.94. The van der Waals surface area contributed by atoms with Gasteiger partial charge in [0.25, 0.3) is 0 Å².